The highest BCUT2D eigenvalue weighted by molar-refractivity contribution is 5.95. The molecule has 120 valence electrons. The lowest BCUT2D eigenvalue weighted by Gasteiger charge is -2.06. The van der Waals surface area contributed by atoms with Gasteiger partial charge in [-0.25, -0.2) is 4.79 Å². The molecule has 23 heavy (non-hydrogen) atoms. The molecule has 0 unspecified atom stereocenters. The number of hydrogen-bond donors (Lipinski definition) is 3. The summed E-state index contributed by atoms with van der Waals surface area (Å²) in [5.74, 6) is -1.24. The Hall–Kier alpha value is -3.09. The van der Waals surface area contributed by atoms with Gasteiger partial charge in [-0.05, 0) is 11.6 Å². The van der Waals surface area contributed by atoms with Crippen LogP contribution in [0.4, 0.5) is 4.79 Å². The van der Waals surface area contributed by atoms with Gasteiger partial charge in [0.15, 0.2) is 6.61 Å². The molecule has 0 fully saturated rings. The first kappa shape index (κ1) is 16.3. The molecular formula is C16H17N3O4. The van der Waals surface area contributed by atoms with E-state index in [2.05, 4.69) is 16.9 Å². The Balaban J connectivity index is 1.80. The van der Waals surface area contributed by atoms with Crippen LogP contribution in [0.3, 0.4) is 0 Å². The zero-order chi connectivity index (χ0) is 16.7. The van der Waals surface area contributed by atoms with Gasteiger partial charge in [-0.3, -0.25) is 14.9 Å². The van der Waals surface area contributed by atoms with Gasteiger partial charge in [0.25, 0.3) is 5.91 Å². The summed E-state index contributed by atoms with van der Waals surface area (Å²) in [6.45, 7) is 3.15. The van der Waals surface area contributed by atoms with Gasteiger partial charge in [0.05, 0.1) is 6.42 Å². The van der Waals surface area contributed by atoms with Gasteiger partial charge < -0.3 is 15.0 Å². The molecule has 7 nitrogen and oxygen atoms in total. The number of urea groups is 1. The summed E-state index contributed by atoms with van der Waals surface area (Å²) in [4.78, 5) is 37.5. The Morgan fingerprint density at radius 1 is 1.26 bits per heavy atom. The van der Waals surface area contributed by atoms with Gasteiger partial charge in [-0.2, -0.15) is 0 Å². The SMILES string of the molecule is C=CCNC(=O)NC(=O)COC(=O)Cc1c[nH]c2ccccc12. The van der Waals surface area contributed by atoms with Crippen molar-refractivity contribution in [3.8, 4) is 0 Å². The predicted octanol–water partition coefficient (Wildman–Crippen LogP) is 1.27. The molecule has 0 saturated carbocycles. The van der Waals surface area contributed by atoms with Crippen molar-refractivity contribution in [2.24, 2.45) is 0 Å². The van der Waals surface area contributed by atoms with Crippen LogP contribution in [-0.4, -0.2) is 36.0 Å². The average molecular weight is 315 g/mol. The van der Waals surface area contributed by atoms with Crippen molar-refractivity contribution in [2.45, 2.75) is 6.42 Å². The Labute approximate surface area is 132 Å². The fourth-order valence-corrected chi connectivity index (χ4v) is 2.00. The minimum atomic E-state index is -0.696. The molecule has 0 aliphatic carbocycles. The van der Waals surface area contributed by atoms with E-state index in [0.29, 0.717) is 0 Å². The molecule has 0 aliphatic heterocycles. The number of ether oxygens (including phenoxy) is 1. The van der Waals surface area contributed by atoms with E-state index in [9.17, 15) is 14.4 Å². The number of imide groups is 1. The van der Waals surface area contributed by atoms with E-state index in [0.717, 1.165) is 16.5 Å². The zero-order valence-corrected chi connectivity index (χ0v) is 12.4. The van der Waals surface area contributed by atoms with Gasteiger partial charge in [0.2, 0.25) is 0 Å². The van der Waals surface area contributed by atoms with Crippen molar-refractivity contribution >= 4 is 28.8 Å². The fourth-order valence-electron chi connectivity index (χ4n) is 2.00. The van der Waals surface area contributed by atoms with E-state index in [1.54, 1.807) is 6.20 Å². The van der Waals surface area contributed by atoms with Gasteiger partial charge in [0.1, 0.15) is 0 Å². The van der Waals surface area contributed by atoms with Crippen LogP contribution in [0.5, 0.6) is 0 Å². The van der Waals surface area contributed by atoms with Crippen molar-refractivity contribution in [3.05, 3.63) is 48.7 Å². The van der Waals surface area contributed by atoms with Crippen molar-refractivity contribution in [3.63, 3.8) is 0 Å². The number of fused-ring (bicyclic) bond motifs is 1. The van der Waals surface area contributed by atoms with Crippen LogP contribution < -0.4 is 10.6 Å². The van der Waals surface area contributed by atoms with Crippen LogP contribution in [0.2, 0.25) is 0 Å². The number of hydrogen-bond acceptors (Lipinski definition) is 4. The molecule has 1 heterocycles. The predicted molar refractivity (Wildman–Crippen MR) is 84.7 cm³/mol. The molecule has 0 spiro atoms. The van der Waals surface area contributed by atoms with Crippen LogP contribution in [0.15, 0.2) is 43.1 Å². The van der Waals surface area contributed by atoms with E-state index in [-0.39, 0.29) is 13.0 Å². The Kier molecular flexibility index (Phi) is 5.51. The molecule has 0 aliphatic rings. The van der Waals surface area contributed by atoms with Crippen LogP contribution >= 0.6 is 0 Å². The number of rotatable bonds is 6. The molecule has 0 bridgehead atoms. The van der Waals surface area contributed by atoms with Crippen LogP contribution in [0.1, 0.15) is 5.56 Å². The van der Waals surface area contributed by atoms with Crippen LogP contribution in [-0.2, 0) is 20.7 Å². The minimum Gasteiger partial charge on any atom is -0.455 e. The number of carbonyl (C=O) groups excluding carboxylic acids is 3. The van der Waals surface area contributed by atoms with Crippen molar-refractivity contribution in [1.29, 1.82) is 0 Å². The molecule has 2 aromatic rings. The Morgan fingerprint density at radius 3 is 2.83 bits per heavy atom. The zero-order valence-electron chi connectivity index (χ0n) is 12.4. The normalized spacial score (nSPS) is 10.1. The maximum atomic E-state index is 11.8. The van der Waals surface area contributed by atoms with Crippen molar-refractivity contribution in [2.75, 3.05) is 13.2 Å². The monoisotopic (exact) mass is 315 g/mol. The average Bonchev–Trinajstić information content (AvgIpc) is 2.94. The minimum absolute atomic E-state index is 0.0416. The smallest absolute Gasteiger partial charge is 0.321 e. The molecule has 0 saturated heterocycles. The summed E-state index contributed by atoms with van der Waals surface area (Å²) in [6.07, 6.45) is 3.25. The lowest BCUT2D eigenvalue weighted by atomic mass is 10.1. The maximum Gasteiger partial charge on any atom is 0.321 e. The van der Waals surface area contributed by atoms with Crippen LogP contribution in [0.25, 0.3) is 10.9 Å². The van der Waals surface area contributed by atoms with Crippen molar-refractivity contribution < 1.29 is 19.1 Å². The van der Waals surface area contributed by atoms with Gasteiger partial charge in [-0.1, -0.05) is 24.3 Å². The summed E-state index contributed by atoms with van der Waals surface area (Å²) in [5, 5.41) is 5.34. The summed E-state index contributed by atoms with van der Waals surface area (Å²) in [6, 6.07) is 6.90. The number of esters is 1. The molecule has 2 rings (SSSR count). The second kappa shape index (κ2) is 7.79. The first-order valence-electron chi connectivity index (χ1n) is 6.99. The molecule has 0 atom stereocenters. The number of benzene rings is 1. The number of nitrogens with one attached hydrogen (secondary N) is 3. The third-order valence-electron chi connectivity index (χ3n) is 3.03. The Morgan fingerprint density at radius 2 is 2.04 bits per heavy atom. The molecule has 3 amide bonds. The molecule has 3 N–H and O–H groups in total. The highest BCUT2D eigenvalue weighted by Crippen LogP contribution is 2.18. The van der Waals surface area contributed by atoms with E-state index >= 15 is 0 Å². The highest BCUT2D eigenvalue weighted by atomic mass is 16.5. The highest BCUT2D eigenvalue weighted by Gasteiger charge is 2.13. The van der Waals surface area contributed by atoms with Gasteiger partial charge in [0, 0.05) is 23.6 Å². The summed E-state index contributed by atoms with van der Waals surface area (Å²) in [7, 11) is 0. The fraction of sp³-hybridized carbons (Fsp3) is 0.188. The van der Waals surface area contributed by atoms with Crippen molar-refractivity contribution in [1.82, 2.24) is 15.6 Å². The second-order valence-corrected chi connectivity index (χ2v) is 4.74. The Bertz CT molecular complexity index is 736. The standard InChI is InChI=1S/C16H17N3O4/c1-2-7-17-16(22)19-14(20)10-23-15(21)8-11-9-18-13-6-4-3-5-12(11)13/h2-6,9,18H,1,7-8,10H2,(H2,17,19,20,22). The van der Waals surface area contributed by atoms with Crippen LogP contribution in [0, 0.1) is 0 Å². The largest absolute Gasteiger partial charge is 0.455 e. The summed E-state index contributed by atoms with van der Waals surface area (Å²) in [5.41, 5.74) is 1.71. The van der Waals surface area contributed by atoms with Gasteiger partial charge in [-0.15, -0.1) is 6.58 Å². The topological polar surface area (TPSA) is 100 Å². The number of amides is 3. The van der Waals surface area contributed by atoms with E-state index in [1.807, 2.05) is 29.6 Å². The van der Waals surface area contributed by atoms with E-state index < -0.39 is 24.5 Å². The van der Waals surface area contributed by atoms with Gasteiger partial charge >= 0.3 is 12.0 Å². The second-order valence-electron chi connectivity index (χ2n) is 4.74. The number of para-hydroxylation sites is 1. The first-order chi connectivity index (χ1) is 11.1. The number of H-pyrrole nitrogens is 1. The molecule has 1 aromatic heterocycles. The number of carbonyl (C=O) groups is 3. The quantitative estimate of drug-likeness (QED) is 0.552. The lowest BCUT2D eigenvalue weighted by molar-refractivity contribution is -0.147. The third kappa shape index (κ3) is 4.70. The molecular weight excluding hydrogens is 298 g/mol. The number of aromatic amines is 1. The molecule has 0 radical (unpaired) electrons. The van der Waals surface area contributed by atoms with E-state index in [4.69, 9.17) is 4.74 Å². The third-order valence-corrected chi connectivity index (χ3v) is 3.03. The molecule has 7 heteroatoms. The summed E-state index contributed by atoms with van der Waals surface area (Å²) < 4.78 is 4.87. The maximum absolute atomic E-state index is 11.8. The summed E-state index contributed by atoms with van der Waals surface area (Å²) >= 11 is 0. The number of aromatic nitrogens is 1. The first-order valence-corrected chi connectivity index (χ1v) is 6.99. The lowest BCUT2D eigenvalue weighted by Crippen LogP contribution is -2.41. The molecule has 1 aromatic carbocycles. The van der Waals surface area contributed by atoms with E-state index in [1.165, 1.54) is 6.08 Å².